The molecule has 138 valence electrons. The Morgan fingerprint density at radius 1 is 1.08 bits per heavy atom. The molecule has 0 amide bonds. The fraction of sp³-hybridized carbons (Fsp3) is 0.700. The van der Waals surface area contributed by atoms with Gasteiger partial charge in [0, 0.05) is 5.54 Å². The van der Waals surface area contributed by atoms with Gasteiger partial charge in [0.1, 0.15) is 5.75 Å². The van der Waals surface area contributed by atoms with Crippen molar-refractivity contribution in [3.63, 3.8) is 0 Å². The first-order chi connectivity index (χ1) is 11.8. The van der Waals surface area contributed by atoms with Crippen LogP contribution in [0.5, 0.6) is 5.75 Å². The van der Waals surface area contributed by atoms with Crippen molar-refractivity contribution in [2.45, 2.75) is 68.7 Å². The predicted octanol–water partition coefficient (Wildman–Crippen LogP) is 4.07. The highest BCUT2D eigenvalue weighted by molar-refractivity contribution is 7.89. The molecular formula is C20H29NO3S. The first-order valence-electron chi connectivity index (χ1n) is 9.52. The third-order valence-electron chi connectivity index (χ3n) is 6.52. The summed E-state index contributed by atoms with van der Waals surface area (Å²) in [6.45, 7) is 4.11. The Labute approximate surface area is 151 Å². The van der Waals surface area contributed by atoms with Crippen LogP contribution in [0.2, 0.25) is 0 Å². The van der Waals surface area contributed by atoms with E-state index in [4.69, 9.17) is 4.74 Å². The van der Waals surface area contributed by atoms with Gasteiger partial charge in [-0.1, -0.05) is 13.8 Å². The Hall–Kier alpha value is -1.07. The van der Waals surface area contributed by atoms with E-state index in [0.29, 0.717) is 4.90 Å². The van der Waals surface area contributed by atoms with Gasteiger partial charge in [-0.05, 0) is 86.0 Å². The second kappa shape index (κ2) is 5.98. The molecule has 4 bridgehead atoms. The van der Waals surface area contributed by atoms with Crippen LogP contribution in [0.25, 0.3) is 0 Å². The molecular weight excluding hydrogens is 334 g/mol. The van der Waals surface area contributed by atoms with E-state index in [1.165, 1.54) is 19.3 Å². The van der Waals surface area contributed by atoms with Crippen LogP contribution in [0.15, 0.2) is 23.1 Å². The van der Waals surface area contributed by atoms with Crippen LogP contribution in [0.3, 0.4) is 0 Å². The van der Waals surface area contributed by atoms with Crippen molar-refractivity contribution in [1.29, 1.82) is 0 Å². The van der Waals surface area contributed by atoms with Gasteiger partial charge in [0.15, 0.2) is 0 Å². The van der Waals surface area contributed by atoms with E-state index in [-0.39, 0.29) is 11.5 Å². The van der Waals surface area contributed by atoms with E-state index in [1.807, 2.05) is 0 Å². The zero-order chi connectivity index (χ0) is 17.8. The summed E-state index contributed by atoms with van der Waals surface area (Å²) in [6.07, 6.45) is 6.98. The Balaban J connectivity index is 1.63. The lowest BCUT2D eigenvalue weighted by Gasteiger charge is -2.56. The number of sulfonamides is 1. The van der Waals surface area contributed by atoms with Crippen molar-refractivity contribution >= 4 is 10.0 Å². The van der Waals surface area contributed by atoms with Crippen LogP contribution < -0.4 is 9.46 Å². The SMILES string of the molecule is COc1ccc(S(=O)(=O)NC23CC4CC(CC(C4)C2)C3)cc1C(C)C. The van der Waals surface area contributed by atoms with Gasteiger partial charge in [-0.3, -0.25) is 0 Å². The van der Waals surface area contributed by atoms with Crippen molar-refractivity contribution < 1.29 is 13.2 Å². The average molecular weight is 364 g/mol. The minimum atomic E-state index is -3.51. The average Bonchev–Trinajstić information content (AvgIpc) is 2.51. The number of hydrogen-bond donors (Lipinski definition) is 1. The zero-order valence-electron chi connectivity index (χ0n) is 15.4. The largest absolute Gasteiger partial charge is 0.496 e. The molecule has 0 unspecified atom stereocenters. The maximum Gasteiger partial charge on any atom is 0.241 e. The highest BCUT2D eigenvalue weighted by atomic mass is 32.2. The van der Waals surface area contributed by atoms with E-state index in [1.54, 1.807) is 25.3 Å². The smallest absolute Gasteiger partial charge is 0.241 e. The van der Waals surface area contributed by atoms with Crippen LogP contribution in [-0.4, -0.2) is 21.1 Å². The second-order valence-electron chi connectivity index (χ2n) is 8.86. The highest BCUT2D eigenvalue weighted by Gasteiger charge is 2.52. The van der Waals surface area contributed by atoms with Gasteiger partial charge in [-0.15, -0.1) is 0 Å². The Morgan fingerprint density at radius 2 is 1.64 bits per heavy atom. The molecule has 4 aliphatic rings. The van der Waals surface area contributed by atoms with Gasteiger partial charge in [-0.2, -0.15) is 0 Å². The third-order valence-corrected chi connectivity index (χ3v) is 8.10. The quantitative estimate of drug-likeness (QED) is 0.858. The normalized spacial score (nSPS) is 33.8. The number of benzene rings is 1. The predicted molar refractivity (Wildman–Crippen MR) is 98.3 cm³/mol. The highest BCUT2D eigenvalue weighted by Crippen LogP contribution is 2.56. The molecule has 0 spiro atoms. The monoisotopic (exact) mass is 363 g/mol. The number of nitrogens with one attached hydrogen (secondary N) is 1. The number of hydrogen-bond acceptors (Lipinski definition) is 3. The van der Waals surface area contributed by atoms with Crippen LogP contribution in [0.1, 0.15) is 63.9 Å². The van der Waals surface area contributed by atoms with Crippen molar-refractivity contribution in [3.8, 4) is 5.75 Å². The maximum atomic E-state index is 13.1. The molecule has 0 saturated heterocycles. The van der Waals surface area contributed by atoms with Gasteiger partial charge in [0.2, 0.25) is 10.0 Å². The zero-order valence-corrected chi connectivity index (χ0v) is 16.2. The van der Waals surface area contributed by atoms with Crippen LogP contribution in [0, 0.1) is 17.8 Å². The Bertz CT molecular complexity index is 734. The fourth-order valence-electron chi connectivity index (χ4n) is 5.91. The standard InChI is InChI=1S/C20H29NO3S/c1-13(2)18-9-17(4-5-19(18)24-3)25(22,23)21-20-10-14-6-15(11-20)8-16(7-14)12-20/h4-5,9,13-16,21H,6-8,10-12H2,1-3H3. The summed E-state index contributed by atoms with van der Waals surface area (Å²) in [5.41, 5.74) is 0.738. The van der Waals surface area contributed by atoms with Crippen molar-refractivity contribution in [2.24, 2.45) is 17.8 Å². The van der Waals surface area contributed by atoms with Crippen LogP contribution >= 0.6 is 0 Å². The number of rotatable bonds is 5. The molecule has 1 aromatic rings. The van der Waals surface area contributed by atoms with E-state index >= 15 is 0 Å². The summed E-state index contributed by atoms with van der Waals surface area (Å²) in [4.78, 5) is 0.368. The van der Waals surface area contributed by atoms with Crippen LogP contribution in [-0.2, 0) is 10.0 Å². The molecule has 4 aliphatic carbocycles. The van der Waals surface area contributed by atoms with Gasteiger partial charge < -0.3 is 4.74 Å². The molecule has 0 atom stereocenters. The first-order valence-corrected chi connectivity index (χ1v) is 11.0. The molecule has 1 N–H and O–H groups in total. The summed E-state index contributed by atoms with van der Waals surface area (Å²) in [6, 6.07) is 5.24. The lowest BCUT2D eigenvalue weighted by Crippen LogP contribution is -2.59. The first kappa shape index (κ1) is 17.3. The molecule has 4 saturated carbocycles. The lowest BCUT2D eigenvalue weighted by molar-refractivity contribution is -0.00810. The molecule has 25 heavy (non-hydrogen) atoms. The number of methoxy groups -OCH3 is 1. The minimum Gasteiger partial charge on any atom is -0.496 e. The lowest BCUT2D eigenvalue weighted by atomic mass is 9.53. The van der Waals surface area contributed by atoms with E-state index < -0.39 is 10.0 Å². The molecule has 0 aliphatic heterocycles. The van der Waals surface area contributed by atoms with Gasteiger partial charge in [0.05, 0.1) is 12.0 Å². The molecule has 5 rings (SSSR count). The van der Waals surface area contributed by atoms with Gasteiger partial charge in [0.25, 0.3) is 0 Å². The Morgan fingerprint density at radius 3 is 2.12 bits per heavy atom. The van der Waals surface area contributed by atoms with Gasteiger partial charge in [-0.25, -0.2) is 13.1 Å². The van der Waals surface area contributed by atoms with E-state index in [9.17, 15) is 8.42 Å². The minimum absolute atomic E-state index is 0.203. The maximum absolute atomic E-state index is 13.1. The second-order valence-corrected chi connectivity index (χ2v) is 10.5. The molecule has 0 heterocycles. The van der Waals surface area contributed by atoms with Gasteiger partial charge >= 0.3 is 0 Å². The summed E-state index contributed by atoms with van der Waals surface area (Å²) >= 11 is 0. The van der Waals surface area contributed by atoms with E-state index in [0.717, 1.165) is 48.3 Å². The summed E-state index contributed by atoms with van der Waals surface area (Å²) in [5.74, 6) is 3.12. The fourth-order valence-corrected chi connectivity index (χ4v) is 7.38. The topological polar surface area (TPSA) is 55.4 Å². The molecule has 5 heteroatoms. The molecule has 4 nitrogen and oxygen atoms in total. The molecule has 1 aromatic carbocycles. The Kier molecular flexibility index (Phi) is 4.15. The van der Waals surface area contributed by atoms with Crippen molar-refractivity contribution in [1.82, 2.24) is 4.72 Å². The van der Waals surface area contributed by atoms with Crippen molar-refractivity contribution in [3.05, 3.63) is 23.8 Å². The third kappa shape index (κ3) is 3.10. The molecule has 0 aromatic heterocycles. The van der Waals surface area contributed by atoms with E-state index in [2.05, 4.69) is 18.6 Å². The summed E-state index contributed by atoms with van der Waals surface area (Å²) in [7, 11) is -1.88. The molecule has 4 fully saturated rings. The summed E-state index contributed by atoms with van der Waals surface area (Å²) in [5, 5.41) is 0. The number of ether oxygens (including phenoxy) is 1. The molecule has 0 radical (unpaired) electrons. The summed E-state index contributed by atoms with van der Waals surface area (Å²) < 4.78 is 34.8. The van der Waals surface area contributed by atoms with Crippen LogP contribution in [0.4, 0.5) is 0 Å². The van der Waals surface area contributed by atoms with Crippen molar-refractivity contribution in [2.75, 3.05) is 7.11 Å².